The molecule has 2 aromatic rings. The number of aliphatic hydroxyl groups excluding tert-OH is 1. The van der Waals surface area contributed by atoms with E-state index in [9.17, 15) is 19.5 Å². The number of aliphatic hydroxyl groups is 1. The molecule has 5 rings (SSSR count). The third kappa shape index (κ3) is 4.52. The van der Waals surface area contributed by atoms with Gasteiger partial charge >= 0.3 is 0 Å². The van der Waals surface area contributed by atoms with E-state index in [1.54, 1.807) is 12.1 Å². The van der Waals surface area contributed by atoms with E-state index in [-0.39, 0.29) is 18.4 Å². The number of halogens is 1. The van der Waals surface area contributed by atoms with Crippen LogP contribution in [0, 0.1) is 18.8 Å². The summed E-state index contributed by atoms with van der Waals surface area (Å²) in [6.07, 6.45) is 2.12. The first-order valence-corrected chi connectivity index (χ1v) is 14.1. The fraction of sp³-hybridized carbons (Fsp3) is 0.500. The number of fused-ring (bicyclic) bond motifs is 1. The van der Waals surface area contributed by atoms with Crippen molar-refractivity contribution in [2.75, 3.05) is 18.5 Å². The summed E-state index contributed by atoms with van der Waals surface area (Å²) < 4.78 is 6.66. The van der Waals surface area contributed by atoms with Gasteiger partial charge in [0.1, 0.15) is 11.6 Å². The first-order chi connectivity index (χ1) is 18.7. The second-order valence-corrected chi connectivity index (χ2v) is 11.6. The van der Waals surface area contributed by atoms with Crippen LogP contribution in [-0.2, 0) is 25.5 Å². The van der Waals surface area contributed by atoms with E-state index in [2.05, 4.69) is 10.6 Å². The molecule has 8 nitrogen and oxygen atoms in total. The Labute approximate surface area is 234 Å². The zero-order chi connectivity index (χ0) is 27.9. The quantitative estimate of drug-likeness (QED) is 0.441. The Bertz CT molecular complexity index is 1250. The van der Waals surface area contributed by atoms with Gasteiger partial charge in [0.25, 0.3) is 0 Å². The summed E-state index contributed by atoms with van der Waals surface area (Å²) in [5, 5.41) is 16.9. The number of likely N-dealkylation sites (tertiary alicyclic amines) is 1. The SMILES string of the molecule is CCCNC(=O)[C@H]1[C@H]2C(=O)N([C@@H](CO)Cc3ccccc3)C(C(=O)Nc3c(C)cccc3Cl)C23CC[C@]1(C)O3. The number of carbonyl (C=O) groups excluding carboxylic acids is 3. The summed E-state index contributed by atoms with van der Waals surface area (Å²) in [5.74, 6) is -2.57. The van der Waals surface area contributed by atoms with Gasteiger partial charge in [-0.3, -0.25) is 14.4 Å². The summed E-state index contributed by atoms with van der Waals surface area (Å²) in [4.78, 5) is 43.5. The molecule has 3 saturated heterocycles. The first-order valence-electron chi connectivity index (χ1n) is 13.7. The summed E-state index contributed by atoms with van der Waals surface area (Å²) in [5.41, 5.74) is 0.121. The highest BCUT2D eigenvalue weighted by Crippen LogP contribution is 2.63. The van der Waals surface area contributed by atoms with Crippen LogP contribution < -0.4 is 10.6 Å². The molecule has 2 unspecified atom stereocenters. The molecule has 6 atom stereocenters. The van der Waals surface area contributed by atoms with Crippen LogP contribution in [0.2, 0.25) is 5.02 Å². The van der Waals surface area contributed by atoms with Crippen LogP contribution in [0.4, 0.5) is 5.69 Å². The molecule has 9 heteroatoms. The van der Waals surface area contributed by atoms with Crippen molar-refractivity contribution < 1.29 is 24.2 Å². The maximum Gasteiger partial charge on any atom is 0.250 e. The van der Waals surface area contributed by atoms with Crippen molar-refractivity contribution in [2.45, 2.75) is 69.7 Å². The summed E-state index contributed by atoms with van der Waals surface area (Å²) in [6, 6.07) is 13.2. The average molecular weight is 554 g/mol. The third-order valence-electron chi connectivity index (χ3n) is 8.68. The van der Waals surface area contributed by atoms with Crippen molar-refractivity contribution in [2.24, 2.45) is 11.8 Å². The second-order valence-electron chi connectivity index (χ2n) is 11.2. The monoisotopic (exact) mass is 553 g/mol. The topological polar surface area (TPSA) is 108 Å². The molecule has 2 bridgehead atoms. The molecule has 0 radical (unpaired) electrons. The molecule has 3 aliphatic rings. The Kier molecular flexibility index (Phi) is 7.48. The highest BCUT2D eigenvalue weighted by atomic mass is 35.5. The molecule has 3 N–H and O–H groups in total. The van der Waals surface area contributed by atoms with E-state index < -0.39 is 41.0 Å². The van der Waals surface area contributed by atoms with Crippen LogP contribution in [-0.4, -0.2) is 64.2 Å². The van der Waals surface area contributed by atoms with Gasteiger partial charge < -0.3 is 25.4 Å². The molecule has 0 aliphatic carbocycles. The first kappa shape index (κ1) is 27.6. The van der Waals surface area contributed by atoms with E-state index in [1.165, 1.54) is 4.90 Å². The van der Waals surface area contributed by atoms with Crippen molar-refractivity contribution >= 4 is 35.0 Å². The van der Waals surface area contributed by atoms with Crippen molar-refractivity contribution in [3.63, 3.8) is 0 Å². The number of hydrogen-bond acceptors (Lipinski definition) is 5. The van der Waals surface area contributed by atoms with Gasteiger partial charge in [0.15, 0.2) is 0 Å². The lowest BCUT2D eigenvalue weighted by Gasteiger charge is -2.37. The van der Waals surface area contributed by atoms with E-state index in [0.717, 1.165) is 17.5 Å². The van der Waals surface area contributed by atoms with Gasteiger partial charge in [-0.2, -0.15) is 0 Å². The predicted molar refractivity (Wildman–Crippen MR) is 148 cm³/mol. The summed E-state index contributed by atoms with van der Waals surface area (Å²) in [6.45, 7) is 5.83. The number of benzene rings is 2. The molecule has 39 heavy (non-hydrogen) atoms. The number of hydrogen-bond donors (Lipinski definition) is 3. The van der Waals surface area contributed by atoms with Crippen molar-refractivity contribution in [3.8, 4) is 0 Å². The minimum atomic E-state index is -1.19. The molecule has 3 fully saturated rings. The molecule has 2 aromatic carbocycles. The molecular weight excluding hydrogens is 518 g/mol. The third-order valence-corrected chi connectivity index (χ3v) is 9.00. The molecular formula is C30H36ClN3O5. The Morgan fingerprint density at radius 3 is 2.56 bits per heavy atom. The maximum absolute atomic E-state index is 14.3. The van der Waals surface area contributed by atoms with Crippen LogP contribution in [0.5, 0.6) is 0 Å². The van der Waals surface area contributed by atoms with Crippen LogP contribution in [0.15, 0.2) is 48.5 Å². The molecule has 3 amide bonds. The molecule has 0 aromatic heterocycles. The number of amides is 3. The zero-order valence-electron chi connectivity index (χ0n) is 22.6. The number of carbonyl (C=O) groups is 3. The number of aryl methyl sites for hydroxylation is 1. The Balaban J connectivity index is 1.58. The lowest BCUT2D eigenvalue weighted by molar-refractivity contribution is -0.147. The summed E-state index contributed by atoms with van der Waals surface area (Å²) >= 11 is 6.45. The molecule has 3 heterocycles. The van der Waals surface area contributed by atoms with Gasteiger partial charge in [-0.25, -0.2) is 0 Å². The lowest BCUT2D eigenvalue weighted by atomic mass is 9.66. The van der Waals surface area contributed by atoms with E-state index >= 15 is 0 Å². The van der Waals surface area contributed by atoms with Crippen molar-refractivity contribution in [3.05, 3.63) is 64.7 Å². The number of ether oxygens (including phenoxy) is 1. The normalized spacial score (nSPS) is 29.8. The second kappa shape index (κ2) is 10.6. The molecule has 3 aliphatic heterocycles. The van der Waals surface area contributed by atoms with Crippen LogP contribution in [0.3, 0.4) is 0 Å². The van der Waals surface area contributed by atoms with Gasteiger partial charge in [-0.15, -0.1) is 0 Å². The number of rotatable bonds is 9. The minimum absolute atomic E-state index is 0.231. The largest absolute Gasteiger partial charge is 0.394 e. The van der Waals surface area contributed by atoms with Gasteiger partial charge in [0.05, 0.1) is 40.8 Å². The van der Waals surface area contributed by atoms with E-state index in [1.807, 2.05) is 57.2 Å². The minimum Gasteiger partial charge on any atom is -0.394 e. The van der Waals surface area contributed by atoms with Crippen LogP contribution in [0.25, 0.3) is 0 Å². The number of anilines is 1. The zero-order valence-corrected chi connectivity index (χ0v) is 23.3. The lowest BCUT2D eigenvalue weighted by Crippen LogP contribution is -2.57. The van der Waals surface area contributed by atoms with Gasteiger partial charge in [-0.1, -0.05) is 61.0 Å². The molecule has 208 valence electrons. The van der Waals surface area contributed by atoms with Crippen LogP contribution >= 0.6 is 11.6 Å². The molecule has 1 spiro atoms. The fourth-order valence-corrected chi connectivity index (χ4v) is 7.20. The predicted octanol–water partition coefficient (Wildman–Crippen LogP) is 3.48. The number of para-hydroxylation sites is 1. The Morgan fingerprint density at radius 2 is 1.90 bits per heavy atom. The fourth-order valence-electron chi connectivity index (χ4n) is 6.93. The molecule has 0 saturated carbocycles. The van der Waals surface area contributed by atoms with Gasteiger partial charge in [0, 0.05) is 6.54 Å². The smallest absolute Gasteiger partial charge is 0.250 e. The van der Waals surface area contributed by atoms with Gasteiger partial charge in [-0.05, 0) is 56.7 Å². The van der Waals surface area contributed by atoms with Crippen molar-refractivity contribution in [1.29, 1.82) is 0 Å². The van der Waals surface area contributed by atoms with Crippen LogP contribution in [0.1, 0.15) is 44.2 Å². The maximum atomic E-state index is 14.3. The standard InChI is InChI=1S/C30H36ClN3O5/c1-4-15-32-26(36)22-23-28(38)34(20(17-35)16-19-10-6-5-7-11-19)25(30(23)14-13-29(22,3)39-30)27(37)33-24-18(2)9-8-12-21(24)31/h5-12,20,22-23,25,35H,4,13-17H2,1-3H3,(H,32,36)(H,33,37)/t20-,22-,23+,25?,29+,30?/m1/s1. The van der Waals surface area contributed by atoms with E-state index in [0.29, 0.717) is 36.5 Å². The Morgan fingerprint density at radius 1 is 1.15 bits per heavy atom. The van der Waals surface area contributed by atoms with Crippen molar-refractivity contribution in [1.82, 2.24) is 10.2 Å². The Hall–Kier alpha value is -2.94. The number of nitrogens with one attached hydrogen (secondary N) is 2. The average Bonchev–Trinajstić information content (AvgIpc) is 3.49. The van der Waals surface area contributed by atoms with Gasteiger partial charge in [0.2, 0.25) is 17.7 Å². The highest BCUT2D eigenvalue weighted by molar-refractivity contribution is 6.34. The van der Waals surface area contributed by atoms with E-state index in [4.69, 9.17) is 16.3 Å². The highest BCUT2D eigenvalue weighted by Gasteiger charge is 2.78. The summed E-state index contributed by atoms with van der Waals surface area (Å²) in [7, 11) is 0. The number of nitrogens with zero attached hydrogens (tertiary/aromatic N) is 1.